The normalized spacial score (nSPS) is 14.4. The summed E-state index contributed by atoms with van der Waals surface area (Å²) >= 11 is 0. The molecular weight excluding hydrogens is 454 g/mol. The first-order valence-electron chi connectivity index (χ1n) is 10.2. The van der Waals surface area contributed by atoms with Gasteiger partial charge in [-0.05, 0) is 5.92 Å². The van der Waals surface area contributed by atoms with Crippen LogP contribution in [0.2, 0.25) is 0 Å². The lowest BCUT2D eigenvalue weighted by atomic mass is 10.0. The number of aromatic nitrogens is 2. The predicted molar refractivity (Wildman–Crippen MR) is 115 cm³/mol. The van der Waals surface area contributed by atoms with E-state index in [0.717, 1.165) is 0 Å². The second kappa shape index (κ2) is 12.9. The highest BCUT2D eigenvalue weighted by Crippen LogP contribution is 2.07. The lowest BCUT2D eigenvalue weighted by Crippen LogP contribution is -2.59. The van der Waals surface area contributed by atoms with Crippen molar-refractivity contribution >= 4 is 35.6 Å². The van der Waals surface area contributed by atoms with E-state index in [2.05, 4.69) is 25.9 Å². The number of H-pyrrole nitrogens is 1. The molecule has 0 saturated carbocycles. The molecule has 0 fully saturated rings. The van der Waals surface area contributed by atoms with Crippen LogP contribution in [0.3, 0.4) is 0 Å². The molecule has 1 aromatic heterocycles. The van der Waals surface area contributed by atoms with Gasteiger partial charge in [0.05, 0.1) is 25.2 Å². The van der Waals surface area contributed by atoms with Crippen molar-refractivity contribution in [3.63, 3.8) is 0 Å². The molecule has 0 spiro atoms. The molecule has 1 heterocycles. The van der Waals surface area contributed by atoms with Crippen LogP contribution in [0.5, 0.6) is 0 Å². The van der Waals surface area contributed by atoms with Crippen molar-refractivity contribution in [3.05, 3.63) is 18.2 Å². The Hall–Kier alpha value is -4.01. The smallest absolute Gasteiger partial charge is 0.326 e. The topological polar surface area (TPSA) is 260 Å². The summed E-state index contributed by atoms with van der Waals surface area (Å²) in [6, 6.07) is -5.64. The minimum atomic E-state index is -1.63. The first-order chi connectivity index (χ1) is 15.8. The number of nitrogens with zero attached hydrogens (tertiary/aromatic N) is 1. The lowest BCUT2D eigenvalue weighted by Gasteiger charge is -2.26. The monoisotopic (exact) mass is 483 g/mol. The average molecular weight is 483 g/mol. The first-order valence-corrected chi connectivity index (χ1v) is 10.2. The Kier molecular flexibility index (Phi) is 10.6. The van der Waals surface area contributed by atoms with Crippen molar-refractivity contribution in [1.29, 1.82) is 0 Å². The highest BCUT2D eigenvalue weighted by molar-refractivity contribution is 5.96. The fourth-order valence-electron chi connectivity index (χ4n) is 2.84. The Morgan fingerprint density at radius 3 is 2.06 bits per heavy atom. The number of carboxylic acids is 2. The van der Waals surface area contributed by atoms with Gasteiger partial charge in [0, 0.05) is 18.3 Å². The third-order valence-corrected chi connectivity index (χ3v) is 4.61. The number of carbonyl (C=O) groups is 6. The molecule has 0 bridgehead atoms. The van der Waals surface area contributed by atoms with E-state index in [1.54, 1.807) is 13.8 Å². The van der Waals surface area contributed by atoms with Crippen LogP contribution >= 0.6 is 0 Å². The van der Waals surface area contributed by atoms with Gasteiger partial charge < -0.3 is 42.6 Å². The van der Waals surface area contributed by atoms with Gasteiger partial charge in [-0.2, -0.15) is 0 Å². The second-order valence-corrected chi connectivity index (χ2v) is 7.85. The Bertz CT molecular complexity index is 902. The van der Waals surface area contributed by atoms with Crippen LogP contribution < -0.4 is 27.4 Å². The largest absolute Gasteiger partial charge is 0.481 e. The number of hydrogen-bond donors (Lipinski definition) is 8. The maximum absolute atomic E-state index is 12.8. The quantitative estimate of drug-likeness (QED) is 0.131. The van der Waals surface area contributed by atoms with Gasteiger partial charge in [-0.25, -0.2) is 9.78 Å². The van der Waals surface area contributed by atoms with Crippen LogP contribution in [0, 0.1) is 5.92 Å². The maximum Gasteiger partial charge on any atom is 0.326 e. The fraction of sp³-hybridized carbons (Fsp3) is 0.526. The van der Waals surface area contributed by atoms with Crippen molar-refractivity contribution in [3.8, 4) is 0 Å². The van der Waals surface area contributed by atoms with Gasteiger partial charge >= 0.3 is 11.9 Å². The van der Waals surface area contributed by atoms with Crippen LogP contribution in [0.1, 0.15) is 32.4 Å². The molecule has 0 aliphatic heterocycles. The standard InChI is InChI=1S/C19H29N7O8/c1-8(2)15(18(32)25-12(19(33)34)3-9-6-22-7-23-9)26-17(31)11(5-14(28)29)24-16(30)10(20)4-13(21)27/h6-8,10-12,15H,3-5,20H2,1-2H3,(H2,21,27)(H,22,23)(H,24,30)(H,25,32)(H,26,31)(H,28,29)(H,33,34). The summed E-state index contributed by atoms with van der Waals surface area (Å²) in [5.41, 5.74) is 10.9. The molecule has 0 aliphatic rings. The van der Waals surface area contributed by atoms with Gasteiger partial charge in [0.1, 0.15) is 18.1 Å². The zero-order valence-corrected chi connectivity index (χ0v) is 18.6. The van der Waals surface area contributed by atoms with Gasteiger partial charge in [-0.15, -0.1) is 0 Å². The summed E-state index contributed by atoms with van der Waals surface area (Å²) in [4.78, 5) is 77.8. The van der Waals surface area contributed by atoms with Crippen LogP contribution in [-0.2, 0) is 35.2 Å². The molecule has 0 radical (unpaired) electrons. The molecule has 0 aromatic carbocycles. The number of amides is 4. The summed E-state index contributed by atoms with van der Waals surface area (Å²) < 4.78 is 0. The van der Waals surface area contributed by atoms with Gasteiger partial charge in [-0.3, -0.25) is 24.0 Å². The summed E-state index contributed by atoms with van der Waals surface area (Å²) in [5.74, 6) is -7.00. The maximum atomic E-state index is 12.8. The van der Waals surface area contributed by atoms with Crippen molar-refractivity contribution < 1.29 is 39.0 Å². The molecule has 15 nitrogen and oxygen atoms in total. The Morgan fingerprint density at radius 2 is 1.59 bits per heavy atom. The Morgan fingerprint density at radius 1 is 0.971 bits per heavy atom. The lowest BCUT2D eigenvalue weighted by molar-refractivity contribution is -0.143. The van der Waals surface area contributed by atoms with E-state index in [1.165, 1.54) is 12.5 Å². The number of aliphatic carboxylic acids is 2. The number of nitrogens with one attached hydrogen (secondary N) is 4. The average Bonchev–Trinajstić information content (AvgIpc) is 3.22. The zero-order chi connectivity index (χ0) is 26.0. The summed E-state index contributed by atoms with van der Waals surface area (Å²) in [6.45, 7) is 3.14. The number of carboxylic acid groups (broad SMARTS) is 2. The van der Waals surface area contributed by atoms with Gasteiger partial charge in [0.15, 0.2) is 0 Å². The van der Waals surface area contributed by atoms with E-state index in [0.29, 0.717) is 5.69 Å². The summed E-state index contributed by atoms with van der Waals surface area (Å²) in [5, 5.41) is 25.3. The fourth-order valence-corrected chi connectivity index (χ4v) is 2.84. The minimum absolute atomic E-state index is 0.102. The first kappa shape index (κ1) is 28.0. The molecule has 0 aliphatic carbocycles. The second-order valence-electron chi connectivity index (χ2n) is 7.85. The molecule has 34 heavy (non-hydrogen) atoms. The van der Waals surface area contributed by atoms with Crippen molar-refractivity contribution in [1.82, 2.24) is 25.9 Å². The van der Waals surface area contributed by atoms with Crippen molar-refractivity contribution in [2.24, 2.45) is 17.4 Å². The summed E-state index contributed by atoms with van der Waals surface area (Å²) in [7, 11) is 0. The zero-order valence-electron chi connectivity index (χ0n) is 18.6. The van der Waals surface area contributed by atoms with Crippen molar-refractivity contribution in [2.45, 2.75) is 57.3 Å². The molecule has 4 amide bonds. The van der Waals surface area contributed by atoms with Crippen LogP contribution in [0.25, 0.3) is 0 Å². The number of nitrogens with two attached hydrogens (primary N) is 2. The molecular formula is C19H29N7O8. The molecule has 15 heteroatoms. The third-order valence-electron chi connectivity index (χ3n) is 4.61. The van der Waals surface area contributed by atoms with Crippen LogP contribution in [0.15, 0.2) is 12.5 Å². The van der Waals surface area contributed by atoms with Crippen LogP contribution in [-0.4, -0.2) is 79.9 Å². The summed E-state index contributed by atoms with van der Waals surface area (Å²) in [6.07, 6.45) is 1.27. The number of primary amides is 1. The van der Waals surface area contributed by atoms with Gasteiger partial charge in [0.25, 0.3) is 0 Å². The third kappa shape index (κ3) is 9.23. The Labute approximate surface area is 194 Å². The molecule has 188 valence electrons. The van der Waals surface area contributed by atoms with Crippen LogP contribution in [0.4, 0.5) is 0 Å². The highest BCUT2D eigenvalue weighted by Gasteiger charge is 2.33. The van der Waals surface area contributed by atoms with E-state index in [9.17, 15) is 33.9 Å². The van der Waals surface area contributed by atoms with E-state index < -0.39 is 78.5 Å². The number of carbonyl (C=O) groups excluding carboxylic acids is 4. The molecule has 1 rings (SSSR count). The minimum Gasteiger partial charge on any atom is -0.481 e. The molecule has 10 N–H and O–H groups in total. The van der Waals surface area contributed by atoms with E-state index in [-0.39, 0.29) is 6.42 Å². The number of rotatable bonds is 14. The predicted octanol–water partition coefficient (Wildman–Crippen LogP) is -3.18. The Balaban J connectivity index is 2.95. The number of hydrogen-bond acceptors (Lipinski definition) is 8. The number of imidazole rings is 1. The molecule has 4 atom stereocenters. The molecule has 0 saturated heterocycles. The van der Waals surface area contributed by atoms with E-state index >= 15 is 0 Å². The number of aromatic amines is 1. The van der Waals surface area contributed by atoms with Gasteiger partial charge in [-0.1, -0.05) is 13.8 Å². The highest BCUT2D eigenvalue weighted by atomic mass is 16.4. The van der Waals surface area contributed by atoms with Gasteiger partial charge in [0.2, 0.25) is 23.6 Å². The van der Waals surface area contributed by atoms with E-state index in [1.807, 2.05) is 0 Å². The van der Waals surface area contributed by atoms with Crippen molar-refractivity contribution in [2.75, 3.05) is 0 Å². The molecule has 4 unspecified atom stereocenters. The SMILES string of the molecule is CC(C)C(NC(=O)C(CC(=O)O)NC(=O)C(N)CC(N)=O)C(=O)NC(Cc1cnc[nH]1)C(=O)O. The molecule has 1 aromatic rings. The van der Waals surface area contributed by atoms with E-state index in [4.69, 9.17) is 16.6 Å².